The molecule has 2 atom stereocenters. The molecule has 0 aliphatic carbocycles. The third kappa shape index (κ3) is 6.40. The maximum absolute atomic E-state index is 11.2. The van der Waals surface area contributed by atoms with Crippen molar-refractivity contribution in [3.05, 3.63) is 0 Å². The molecule has 0 saturated heterocycles. The highest BCUT2D eigenvalue weighted by atomic mass is 16.6. The third-order valence-electron chi connectivity index (χ3n) is 2.14. The van der Waals surface area contributed by atoms with Gasteiger partial charge in [0.1, 0.15) is 0 Å². The second kappa shape index (κ2) is 8.10. The molecule has 0 aromatic heterocycles. The second-order valence-corrected chi connectivity index (χ2v) is 3.67. The monoisotopic (exact) mass is 232 g/mol. The summed E-state index contributed by atoms with van der Waals surface area (Å²) >= 11 is 0. The van der Waals surface area contributed by atoms with Crippen LogP contribution >= 0.6 is 0 Å². The molecule has 0 saturated carbocycles. The third-order valence-corrected chi connectivity index (χ3v) is 2.14. The van der Waals surface area contributed by atoms with E-state index in [1.54, 1.807) is 6.92 Å². The van der Waals surface area contributed by atoms with Gasteiger partial charge < -0.3 is 14.6 Å². The summed E-state index contributed by atoms with van der Waals surface area (Å²) in [4.78, 5) is 22.2. The van der Waals surface area contributed by atoms with Crippen LogP contribution in [0, 0.1) is 5.92 Å². The van der Waals surface area contributed by atoms with Gasteiger partial charge in [-0.25, -0.2) is 4.79 Å². The number of carbonyl (C=O) groups excluding carboxylic acids is 2. The Bertz CT molecular complexity index is 226. The van der Waals surface area contributed by atoms with Crippen LogP contribution in [0.25, 0.3) is 0 Å². The predicted molar refractivity (Wildman–Crippen MR) is 57.7 cm³/mol. The van der Waals surface area contributed by atoms with Crippen molar-refractivity contribution in [2.24, 2.45) is 5.92 Å². The van der Waals surface area contributed by atoms with Gasteiger partial charge >= 0.3 is 11.9 Å². The summed E-state index contributed by atoms with van der Waals surface area (Å²) in [5.41, 5.74) is 0. The second-order valence-electron chi connectivity index (χ2n) is 3.67. The van der Waals surface area contributed by atoms with Crippen LogP contribution in [0.3, 0.4) is 0 Å². The highest BCUT2D eigenvalue weighted by Gasteiger charge is 2.21. The van der Waals surface area contributed by atoms with Gasteiger partial charge in [0.15, 0.2) is 6.10 Å². The highest BCUT2D eigenvalue weighted by molar-refractivity contribution is 5.81. The average Bonchev–Trinajstić information content (AvgIpc) is 2.26. The molecule has 16 heavy (non-hydrogen) atoms. The van der Waals surface area contributed by atoms with Crippen LogP contribution in [0.5, 0.6) is 0 Å². The lowest BCUT2D eigenvalue weighted by atomic mass is 10.1. The fourth-order valence-corrected chi connectivity index (χ4v) is 0.892. The standard InChI is InChI=1S/C11H20O5/c1-4-8(3)7-16-10(13)6-9(12)11(14)15-5-2/h8-9,12H,4-7H2,1-3H3. The summed E-state index contributed by atoms with van der Waals surface area (Å²) in [5.74, 6) is -1.09. The molecule has 0 amide bonds. The molecule has 1 N–H and O–H groups in total. The number of aliphatic hydroxyl groups is 1. The Morgan fingerprint density at radius 2 is 1.88 bits per heavy atom. The lowest BCUT2D eigenvalue weighted by Crippen LogP contribution is -2.27. The van der Waals surface area contributed by atoms with Crippen molar-refractivity contribution in [2.75, 3.05) is 13.2 Å². The van der Waals surface area contributed by atoms with Crippen LogP contribution in [-0.4, -0.2) is 36.4 Å². The largest absolute Gasteiger partial charge is 0.465 e. The van der Waals surface area contributed by atoms with E-state index in [4.69, 9.17) is 4.74 Å². The molecule has 0 rings (SSSR count). The summed E-state index contributed by atoms with van der Waals surface area (Å²) in [6, 6.07) is 0. The SMILES string of the molecule is CCOC(=O)C(O)CC(=O)OCC(C)CC. The van der Waals surface area contributed by atoms with Gasteiger partial charge in [0.25, 0.3) is 0 Å². The Morgan fingerprint density at radius 3 is 2.38 bits per heavy atom. The minimum atomic E-state index is -1.43. The predicted octanol–water partition coefficient (Wildman–Crippen LogP) is 0.890. The summed E-state index contributed by atoms with van der Waals surface area (Å²) in [6.07, 6.45) is -0.868. The van der Waals surface area contributed by atoms with Crippen LogP contribution < -0.4 is 0 Å². The molecule has 0 aromatic rings. The molecule has 0 aliphatic heterocycles. The van der Waals surface area contributed by atoms with Crippen molar-refractivity contribution in [3.63, 3.8) is 0 Å². The van der Waals surface area contributed by atoms with Crippen molar-refractivity contribution in [1.29, 1.82) is 0 Å². The Labute approximate surface area is 95.7 Å². The number of aliphatic hydroxyl groups excluding tert-OH is 1. The summed E-state index contributed by atoms with van der Waals surface area (Å²) in [5, 5.41) is 9.27. The van der Waals surface area contributed by atoms with Gasteiger partial charge in [-0.2, -0.15) is 0 Å². The maximum Gasteiger partial charge on any atom is 0.335 e. The van der Waals surface area contributed by atoms with E-state index in [9.17, 15) is 14.7 Å². The normalized spacial score (nSPS) is 14.0. The van der Waals surface area contributed by atoms with Crippen LogP contribution in [0.1, 0.15) is 33.6 Å². The van der Waals surface area contributed by atoms with E-state index in [1.165, 1.54) is 0 Å². The fourth-order valence-electron chi connectivity index (χ4n) is 0.892. The van der Waals surface area contributed by atoms with Gasteiger partial charge in [-0.05, 0) is 12.8 Å². The zero-order valence-electron chi connectivity index (χ0n) is 10.1. The van der Waals surface area contributed by atoms with Crippen molar-refractivity contribution >= 4 is 11.9 Å². The molecular weight excluding hydrogens is 212 g/mol. The quantitative estimate of drug-likeness (QED) is 0.660. The van der Waals surface area contributed by atoms with Gasteiger partial charge in [-0.15, -0.1) is 0 Å². The summed E-state index contributed by atoms with van der Waals surface area (Å²) in [7, 11) is 0. The molecule has 0 bridgehead atoms. The smallest absolute Gasteiger partial charge is 0.335 e. The number of rotatable bonds is 7. The van der Waals surface area contributed by atoms with Crippen molar-refractivity contribution in [1.82, 2.24) is 0 Å². The van der Waals surface area contributed by atoms with E-state index < -0.39 is 18.0 Å². The van der Waals surface area contributed by atoms with Crippen LogP contribution in [-0.2, 0) is 19.1 Å². The minimum absolute atomic E-state index is 0.178. The van der Waals surface area contributed by atoms with E-state index in [0.717, 1.165) is 6.42 Å². The summed E-state index contributed by atoms with van der Waals surface area (Å²) in [6.45, 7) is 6.07. The van der Waals surface area contributed by atoms with Gasteiger partial charge in [-0.3, -0.25) is 4.79 Å². The molecule has 0 spiro atoms. The van der Waals surface area contributed by atoms with Crippen LogP contribution in [0.4, 0.5) is 0 Å². The van der Waals surface area contributed by atoms with Gasteiger partial charge in [0.05, 0.1) is 19.6 Å². The van der Waals surface area contributed by atoms with E-state index in [2.05, 4.69) is 4.74 Å². The lowest BCUT2D eigenvalue weighted by molar-refractivity contribution is -0.160. The molecule has 0 aromatic carbocycles. The number of ether oxygens (including phenoxy) is 2. The Kier molecular flexibility index (Phi) is 7.54. The zero-order chi connectivity index (χ0) is 12.6. The summed E-state index contributed by atoms with van der Waals surface area (Å²) < 4.78 is 9.44. The van der Waals surface area contributed by atoms with Crippen molar-refractivity contribution < 1.29 is 24.2 Å². The molecule has 5 nitrogen and oxygen atoms in total. The zero-order valence-corrected chi connectivity index (χ0v) is 10.1. The molecule has 0 heterocycles. The van der Waals surface area contributed by atoms with Gasteiger partial charge in [-0.1, -0.05) is 20.3 Å². The first-order valence-corrected chi connectivity index (χ1v) is 5.51. The first-order chi connectivity index (χ1) is 7.51. The number of carbonyl (C=O) groups is 2. The number of hydrogen-bond acceptors (Lipinski definition) is 5. The number of hydrogen-bond donors (Lipinski definition) is 1. The minimum Gasteiger partial charge on any atom is -0.465 e. The first-order valence-electron chi connectivity index (χ1n) is 5.51. The van der Waals surface area contributed by atoms with Crippen LogP contribution in [0.2, 0.25) is 0 Å². The molecular formula is C11H20O5. The van der Waals surface area contributed by atoms with Gasteiger partial charge in [0.2, 0.25) is 0 Å². The fraction of sp³-hybridized carbons (Fsp3) is 0.818. The Balaban J connectivity index is 3.82. The van der Waals surface area contributed by atoms with Crippen molar-refractivity contribution in [2.45, 2.75) is 39.7 Å². The van der Waals surface area contributed by atoms with E-state index in [0.29, 0.717) is 6.61 Å². The van der Waals surface area contributed by atoms with E-state index >= 15 is 0 Å². The number of esters is 2. The lowest BCUT2D eigenvalue weighted by Gasteiger charge is -2.11. The Hall–Kier alpha value is -1.10. The molecule has 0 fully saturated rings. The molecule has 2 unspecified atom stereocenters. The van der Waals surface area contributed by atoms with Crippen molar-refractivity contribution in [3.8, 4) is 0 Å². The molecule has 0 aliphatic rings. The maximum atomic E-state index is 11.2. The van der Waals surface area contributed by atoms with Crippen LogP contribution in [0.15, 0.2) is 0 Å². The molecule has 94 valence electrons. The highest BCUT2D eigenvalue weighted by Crippen LogP contribution is 2.03. The van der Waals surface area contributed by atoms with E-state index in [-0.39, 0.29) is 18.9 Å². The topological polar surface area (TPSA) is 72.8 Å². The Morgan fingerprint density at radius 1 is 1.25 bits per heavy atom. The first kappa shape index (κ1) is 14.9. The van der Waals surface area contributed by atoms with Gasteiger partial charge in [0, 0.05) is 0 Å². The average molecular weight is 232 g/mol. The molecule has 5 heteroatoms. The van der Waals surface area contributed by atoms with E-state index in [1.807, 2.05) is 13.8 Å². The molecule has 0 radical (unpaired) electrons.